The van der Waals surface area contributed by atoms with Crippen LogP contribution < -0.4 is 33.8 Å². The summed E-state index contributed by atoms with van der Waals surface area (Å²) in [5.74, 6) is 0.797. The standard InChI is InChI=1S/C32H27N3O9S/c1-4-41-31(37)28-18(2)34-30(36)27(13-20-10-11-23-25(12-20)44-17-43-23)45-32(34)33-29(28)21-14-24(40-3)26(15-22(21)35(38)39)42-16-19-8-6-5-7-9-19/h5-15,29H,4,16-17H2,1-3H3/b27-13-/t29-/m0/s1. The normalized spacial score (nSPS) is 15.4. The van der Waals surface area contributed by atoms with Crippen molar-refractivity contribution in [2.75, 3.05) is 20.5 Å². The van der Waals surface area contributed by atoms with Crippen LogP contribution >= 0.6 is 11.3 Å². The smallest absolute Gasteiger partial charge is 0.338 e. The molecule has 0 saturated carbocycles. The minimum Gasteiger partial charge on any atom is -0.493 e. The third kappa shape index (κ3) is 5.65. The first-order valence-electron chi connectivity index (χ1n) is 13.9. The maximum absolute atomic E-state index is 13.6. The van der Waals surface area contributed by atoms with Crippen molar-refractivity contribution in [1.29, 1.82) is 0 Å². The largest absolute Gasteiger partial charge is 0.493 e. The highest BCUT2D eigenvalue weighted by atomic mass is 32.1. The van der Waals surface area contributed by atoms with E-state index in [4.69, 9.17) is 28.7 Å². The molecule has 6 rings (SSSR count). The maximum Gasteiger partial charge on any atom is 0.338 e. The number of hydrogen-bond donors (Lipinski definition) is 0. The van der Waals surface area contributed by atoms with Gasteiger partial charge in [-0.05, 0) is 49.2 Å². The predicted molar refractivity (Wildman–Crippen MR) is 164 cm³/mol. The van der Waals surface area contributed by atoms with E-state index in [-0.39, 0.29) is 58.8 Å². The molecule has 230 valence electrons. The molecule has 0 radical (unpaired) electrons. The number of rotatable bonds is 9. The first-order chi connectivity index (χ1) is 21.8. The van der Waals surface area contributed by atoms with Gasteiger partial charge in [0.1, 0.15) is 12.6 Å². The number of carbonyl (C=O) groups excluding carboxylic acids is 1. The monoisotopic (exact) mass is 629 g/mol. The van der Waals surface area contributed by atoms with Crippen LogP contribution in [0.15, 0.2) is 76.0 Å². The van der Waals surface area contributed by atoms with E-state index in [0.29, 0.717) is 21.6 Å². The van der Waals surface area contributed by atoms with E-state index in [2.05, 4.69) is 0 Å². The van der Waals surface area contributed by atoms with Gasteiger partial charge in [-0.1, -0.05) is 47.7 Å². The Hall–Kier alpha value is -5.43. The van der Waals surface area contributed by atoms with Crippen LogP contribution in [0.2, 0.25) is 0 Å². The minimum atomic E-state index is -1.17. The minimum absolute atomic E-state index is 0.00184. The summed E-state index contributed by atoms with van der Waals surface area (Å²) in [5.41, 5.74) is 1.17. The zero-order valence-corrected chi connectivity index (χ0v) is 25.3. The van der Waals surface area contributed by atoms with Gasteiger partial charge in [-0.15, -0.1) is 0 Å². The Bertz CT molecular complexity index is 2030. The summed E-state index contributed by atoms with van der Waals surface area (Å²) >= 11 is 1.10. The van der Waals surface area contributed by atoms with Crippen LogP contribution in [-0.2, 0) is 16.1 Å². The molecule has 3 aromatic carbocycles. The van der Waals surface area contributed by atoms with E-state index in [0.717, 1.165) is 16.9 Å². The molecule has 0 spiro atoms. The van der Waals surface area contributed by atoms with Crippen LogP contribution in [0.3, 0.4) is 0 Å². The average molecular weight is 630 g/mol. The fraction of sp³-hybridized carbons (Fsp3) is 0.219. The quantitative estimate of drug-likeness (QED) is 0.152. The lowest BCUT2D eigenvalue weighted by Gasteiger charge is -2.23. The maximum atomic E-state index is 13.6. The Labute approximate surface area is 260 Å². The first-order valence-corrected chi connectivity index (χ1v) is 14.7. The summed E-state index contributed by atoms with van der Waals surface area (Å²) in [4.78, 5) is 43.9. The van der Waals surface area contributed by atoms with E-state index in [1.807, 2.05) is 30.3 Å². The Morgan fingerprint density at radius 2 is 1.91 bits per heavy atom. The van der Waals surface area contributed by atoms with Crippen LogP contribution in [0.25, 0.3) is 11.8 Å². The molecule has 12 nitrogen and oxygen atoms in total. The zero-order valence-electron chi connectivity index (χ0n) is 24.5. The SMILES string of the molecule is CCOC(=O)C1=C(C)n2c(s/c(=C\c3ccc4c(c3)OCO4)c2=O)=N[C@H]1c1cc(OC)c(OCc2ccccc2)cc1[N+](=O)[O-]. The zero-order chi connectivity index (χ0) is 31.7. The summed E-state index contributed by atoms with van der Waals surface area (Å²) in [7, 11) is 1.42. The Morgan fingerprint density at radius 1 is 1.13 bits per heavy atom. The fourth-order valence-electron chi connectivity index (χ4n) is 5.15. The summed E-state index contributed by atoms with van der Waals surface area (Å²) < 4.78 is 29.3. The second kappa shape index (κ2) is 12.3. The molecule has 1 atom stereocenters. The topological polar surface area (TPSA) is 141 Å². The molecule has 2 aliphatic heterocycles. The number of fused-ring (bicyclic) bond motifs is 2. The van der Waals surface area contributed by atoms with Crippen molar-refractivity contribution in [1.82, 2.24) is 4.57 Å². The lowest BCUT2D eigenvalue weighted by atomic mass is 9.94. The average Bonchev–Trinajstić information content (AvgIpc) is 3.63. The Balaban J connectivity index is 1.49. The van der Waals surface area contributed by atoms with Crippen molar-refractivity contribution >= 4 is 34.8 Å². The summed E-state index contributed by atoms with van der Waals surface area (Å²) in [6, 6.07) is 16.2. The number of thiazole rings is 1. The highest BCUT2D eigenvalue weighted by Crippen LogP contribution is 2.43. The van der Waals surface area contributed by atoms with Crippen molar-refractivity contribution in [3.8, 4) is 23.0 Å². The molecule has 13 heteroatoms. The molecule has 0 saturated heterocycles. The van der Waals surface area contributed by atoms with Gasteiger partial charge in [-0.3, -0.25) is 19.5 Å². The van der Waals surface area contributed by atoms with Crippen molar-refractivity contribution in [2.45, 2.75) is 26.5 Å². The van der Waals surface area contributed by atoms with Crippen LogP contribution in [0.1, 0.15) is 36.6 Å². The number of ether oxygens (including phenoxy) is 5. The number of methoxy groups -OCH3 is 1. The Morgan fingerprint density at radius 3 is 2.64 bits per heavy atom. The van der Waals surface area contributed by atoms with E-state index in [9.17, 15) is 19.7 Å². The van der Waals surface area contributed by atoms with Crippen molar-refractivity contribution in [3.05, 3.63) is 113 Å². The number of nitro benzene ring substituents is 1. The van der Waals surface area contributed by atoms with Gasteiger partial charge < -0.3 is 23.7 Å². The summed E-state index contributed by atoms with van der Waals surface area (Å²) in [6.07, 6.45) is 1.69. The van der Waals surface area contributed by atoms with Gasteiger partial charge in [-0.2, -0.15) is 0 Å². The molecule has 0 fully saturated rings. The molecular formula is C32H27N3O9S. The predicted octanol–water partition coefficient (Wildman–Crippen LogP) is 4.13. The number of nitrogens with zero attached hydrogens (tertiary/aromatic N) is 3. The summed E-state index contributed by atoms with van der Waals surface area (Å²) in [6.45, 7) is 3.56. The van der Waals surface area contributed by atoms with Gasteiger partial charge in [0.15, 0.2) is 27.8 Å². The lowest BCUT2D eigenvalue weighted by Crippen LogP contribution is -2.35. The van der Waals surface area contributed by atoms with Crippen LogP contribution in [0, 0.1) is 10.1 Å². The van der Waals surface area contributed by atoms with Gasteiger partial charge >= 0.3 is 5.97 Å². The second-order valence-electron chi connectivity index (χ2n) is 9.99. The third-order valence-corrected chi connectivity index (χ3v) is 8.26. The van der Waals surface area contributed by atoms with Crippen LogP contribution in [0.5, 0.6) is 23.0 Å². The number of carbonyl (C=O) groups is 1. The van der Waals surface area contributed by atoms with E-state index in [1.54, 1.807) is 38.1 Å². The molecule has 0 unspecified atom stereocenters. The molecule has 45 heavy (non-hydrogen) atoms. The molecule has 2 aliphatic rings. The van der Waals surface area contributed by atoms with Gasteiger partial charge in [0.05, 0.1) is 40.4 Å². The molecule has 0 aliphatic carbocycles. The molecule has 4 aromatic rings. The van der Waals surface area contributed by atoms with Gasteiger partial charge in [0.2, 0.25) is 6.79 Å². The number of benzene rings is 3. The number of allylic oxidation sites excluding steroid dienone is 1. The molecule has 0 N–H and O–H groups in total. The number of hydrogen-bond acceptors (Lipinski definition) is 11. The van der Waals surface area contributed by atoms with Crippen molar-refractivity contribution in [3.63, 3.8) is 0 Å². The van der Waals surface area contributed by atoms with Crippen molar-refractivity contribution in [2.24, 2.45) is 4.99 Å². The molecule has 3 heterocycles. The molecule has 0 bridgehead atoms. The van der Waals surface area contributed by atoms with Gasteiger partial charge in [-0.25, -0.2) is 9.79 Å². The van der Waals surface area contributed by atoms with E-state index >= 15 is 0 Å². The summed E-state index contributed by atoms with van der Waals surface area (Å²) in [5, 5.41) is 12.4. The highest BCUT2D eigenvalue weighted by molar-refractivity contribution is 7.07. The lowest BCUT2D eigenvalue weighted by molar-refractivity contribution is -0.385. The molecular weight excluding hydrogens is 602 g/mol. The number of nitro groups is 1. The van der Waals surface area contributed by atoms with Crippen LogP contribution in [0.4, 0.5) is 5.69 Å². The second-order valence-corrected chi connectivity index (χ2v) is 11.0. The van der Waals surface area contributed by atoms with Crippen molar-refractivity contribution < 1.29 is 33.4 Å². The fourth-order valence-corrected chi connectivity index (χ4v) is 6.19. The van der Waals surface area contributed by atoms with E-state index < -0.39 is 22.5 Å². The number of esters is 1. The van der Waals surface area contributed by atoms with Gasteiger partial charge in [0.25, 0.3) is 11.2 Å². The Kier molecular flexibility index (Phi) is 8.09. The first kappa shape index (κ1) is 29.6. The van der Waals surface area contributed by atoms with Crippen LogP contribution in [-0.4, -0.2) is 36.0 Å². The van der Waals surface area contributed by atoms with Gasteiger partial charge in [0, 0.05) is 5.70 Å². The number of aromatic nitrogens is 1. The highest BCUT2D eigenvalue weighted by Gasteiger charge is 2.36. The molecule has 0 amide bonds. The van der Waals surface area contributed by atoms with E-state index in [1.165, 1.54) is 23.8 Å². The molecule has 1 aromatic heterocycles. The third-order valence-electron chi connectivity index (χ3n) is 7.28.